The summed E-state index contributed by atoms with van der Waals surface area (Å²) in [7, 11) is 0. The van der Waals surface area contributed by atoms with Crippen molar-refractivity contribution in [1.82, 2.24) is 0 Å². The summed E-state index contributed by atoms with van der Waals surface area (Å²) in [6.45, 7) is 1.66. The second-order valence-electron chi connectivity index (χ2n) is 4.52. The van der Waals surface area contributed by atoms with E-state index in [1.165, 1.54) is 0 Å². The number of halogens is 3. The molecule has 0 heterocycles. The average molecular weight is 326 g/mol. The quantitative estimate of drug-likeness (QED) is 0.560. The van der Waals surface area contributed by atoms with Gasteiger partial charge < -0.3 is 0 Å². The topological polar surface area (TPSA) is 34.1 Å². The van der Waals surface area contributed by atoms with Gasteiger partial charge in [-0.3, -0.25) is 9.59 Å². The molecule has 0 atom stereocenters. The van der Waals surface area contributed by atoms with E-state index in [1.54, 1.807) is 31.2 Å². The lowest BCUT2D eigenvalue weighted by molar-refractivity contribution is 0.0979. The zero-order valence-electron chi connectivity index (χ0n) is 10.3. The summed E-state index contributed by atoms with van der Waals surface area (Å²) in [6.07, 6.45) is 0. The van der Waals surface area contributed by atoms with E-state index in [-0.39, 0.29) is 37.8 Å². The van der Waals surface area contributed by atoms with Gasteiger partial charge >= 0.3 is 0 Å². The Hall–Kier alpha value is -1.35. The smallest absolute Gasteiger partial charge is 0.196 e. The zero-order valence-corrected chi connectivity index (χ0v) is 12.5. The number of carbonyl (C=O) groups excluding carboxylic acids is 2. The lowest BCUT2D eigenvalue weighted by atomic mass is 9.83. The molecule has 0 aromatic heterocycles. The first-order valence-corrected chi connectivity index (χ1v) is 6.94. The minimum atomic E-state index is -0.330. The normalized spacial score (nSPS) is 13.2. The number of hydrogen-bond donors (Lipinski definition) is 0. The van der Waals surface area contributed by atoms with Crippen molar-refractivity contribution in [3.63, 3.8) is 0 Å². The van der Waals surface area contributed by atoms with Gasteiger partial charge in [0.25, 0.3) is 0 Å². The molecule has 0 aliphatic heterocycles. The van der Waals surface area contributed by atoms with Gasteiger partial charge in [0.2, 0.25) is 0 Å². The number of rotatable bonds is 0. The Balaban J connectivity index is 2.46. The molecule has 0 unspecified atom stereocenters. The molecule has 5 heteroatoms. The van der Waals surface area contributed by atoms with E-state index in [0.29, 0.717) is 16.7 Å². The molecule has 2 aromatic carbocycles. The van der Waals surface area contributed by atoms with Crippen molar-refractivity contribution in [1.29, 1.82) is 0 Å². The maximum Gasteiger partial charge on any atom is 0.196 e. The Labute approximate surface area is 130 Å². The first-order chi connectivity index (χ1) is 9.45. The highest BCUT2D eigenvalue weighted by molar-refractivity contribution is 6.49. The maximum absolute atomic E-state index is 12.6. The highest BCUT2D eigenvalue weighted by atomic mass is 35.5. The predicted octanol–water partition coefficient (Wildman–Crippen LogP) is 4.73. The standard InChI is InChI=1S/C15H7Cl3O2/c1-6-11(16)9-10(13(18)12(6)17)15(20)8-5-3-2-4-7(8)14(9)19/h2-5H,1H3. The van der Waals surface area contributed by atoms with Crippen LogP contribution < -0.4 is 0 Å². The first kappa shape index (κ1) is 13.6. The molecule has 0 saturated carbocycles. The van der Waals surface area contributed by atoms with Gasteiger partial charge in [0.1, 0.15) is 0 Å². The zero-order chi connectivity index (χ0) is 14.6. The fourth-order valence-electron chi connectivity index (χ4n) is 2.35. The van der Waals surface area contributed by atoms with Crippen LogP contribution in [0.15, 0.2) is 24.3 Å². The van der Waals surface area contributed by atoms with Crippen LogP contribution in [0.5, 0.6) is 0 Å². The Morgan fingerprint density at radius 1 is 0.750 bits per heavy atom. The van der Waals surface area contributed by atoms with Crippen LogP contribution in [0.25, 0.3) is 0 Å². The van der Waals surface area contributed by atoms with Crippen LogP contribution in [0.2, 0.25) is 15.1 Å². The Kier molecular flexibility index (Phi) is 3.13. The molecule has 1 aliphatic rings. The van der Waals surface area contributed by atoms with Crippen LogP contribution in [0, 0.1) is 6.92 Å². The molecule has 1 aliphatic carbocycles. The van der Waals surface area contributed by atoms with E-state index in [0.717, 1.165) is 0 Å². The van der Waals surface area contributed by atoms with Crippen LogP contribution in [0.4, 0.5) is 0 Å². The van der Waals surface area contributed by atoms with E-state index in [1.807, 2.05) is 0 Å². The number of ketones is 2. The lowest BCUT2D eigenvalue weighted by Gasteiger charge is -2.21. The molecule has 0 saturated heterocycles. The highest BCUT2D eigenvalue weighted by Gasteiger charge is 2.35. The Morgan fingerprint density at radius 3 is 1.70 bits per heavy atom. The summed E-state index contributed by atoms with van der Waals surface area (Å²) in [5.41, 5.74) is 1.39. The summed E-state index contributed by atoms with van der Waals surface area (Å²) in [5, 5.41) is 0.467. The molecule has 100 valence electrons. The number of hydrogen-bond acceptors (Lipinski definition) is 2. The molecule has 3 rings (SSSR count). The lowest BCUT2D eigenvalue weighted by Crippen LogP contribution is -2.22. The molecule has 0 fully saturated rings. The average Bonchev–Trinajstić information content (AvgIpc) is 2.46. The minimum absolute atomic E-state index is 0.0800. The highest BCUT2D eigenvalue weighted by Crippen LogP contribution is 2.42. The summed E-state index contributed by atoms with van der Waals surface area (Å²) >= 11 is 18.4. The summed E-state index contributed by atoms with van der Waals surface area (Å²) in [4.78, 5) is 25.1. The third-order valence-electron chi connectivity index (χ3n) is 3.41. The molecular weight excluding hydrogens is 319 g/mol. The van der Waals surface area contributed by atoms with Gasteiger partial charge in [-0.1, -0.05) is 59.1 Å². The van der Waals surface area contributed by atoms with Gasteiger partial charge in [-0.15, -0.1) is 0 Å². The first-order valence-electron chi connectivity index (χ1n) is 5.80. The monoisotopic (exact) mass is 324 g/mol. The molecule has 0 bridgehead atoms. The van der Waals surface area contributed by atoms with Crippen molar-refractivity contribution in [2.24, 2.45) is 0 Å². The van der Waals surface area contributed by atoms with Crippen molar-refractivity contribution in [2.75, 3.05) is 0 Å². The van der Waals surface area contributed by atoms with Crippen molar-refractivity contribution in [3.05, 3.63) is 67.2 Å². The summed E-state index contributed by atoms with van der Waals surface area (Å²) in [6, 6.07) is 6.59. The van der Waals surface area contributed by atoms with Crippen LogP contribution in [-0.4, -0.2) is 11.6 Å². The molecule has 0 N–H and O–H groups in total. The van der Waals surface area contributed by atoms with Crippen LogP contribution >= 0.6 is 34.8 Å². The third-order valence-corrected chi connectivity index (χ3v) is 4.83. The van der Waals surface area contributed by atoms with Crippen LogP contribution in [0.3, 0.4) is 0 Å². The van der Waals surface area contributed by atoms with E-state index in [2.05, 4.69) is 0 Å². The van der Waals surface area contributed by atoms with Gasteiger partial charge in [0, 0.05) is 11.1 Å². The largest absolute Gasteiger partial charge is 0.289 e. The van der Waals surface area contributed by atoms with Gasteiger partial charge in [-0.25, -0.2) is 0 Å². The second kappa shape index (κ2) is 4.59. The predicted molar refractivity (Wildman–Crippen MR) is 79.5 cm³/mol. The van der Waals surface area contributed by atoms with Gasteiger partial charge in [0.05, 0.1) is 26.2 Å². The fourth-order valence-corrected chi connectivity index (χ4v) is 3.19. The van der Waals surface area contributed by atoms with Gasteiger partial charge in [-0.2, -0.15) is 0 Å². The van der Waals surface area contributed by atoms with Crippen LogP contribution in [0.1, 0.15) is 37.4 Å². The number of benzene rings is 2. The molecular formula is C15H7Cl3O2. The molecule has 20 heavy (non-hydrogen) atoms. The summed E-state index contributed by atoms with van der Waals surface area (Å²) < 4.78 is 0. The van der Waals surface area contributed by atoms with E-state index < -0.39 is 0 Å². The maximum atomic E-state index is 12.6. The van der Waals surface area contributed by atoms with Crippen molar-refractivity contribution < 1.29 is 9.59 Å². The third kappa shape index (κ3) is 1.65. The van der Waals surface area contributed by atoms with Gasteiger partial charge in [0.15, 0.2) is 11.6 Å². The van der Waals surface area contributed by atoms with Crippen molar-refractivity contribution >= 4 is 46.4 Å². The summed E-state index contributed by atoms with van der Waals surface area (Å²) in [5.74, 6) is -0.633. The molecule has 0 spiro atoms. The SMILES string of the molecule is Cc1c(Cl)c(Cl)c2c(c1Cl)C(=O)c1ccccc1C2=O. The van der Waals surface area contributed by atoms with Crippen molar-refractivity contribution in [2.45, 2.75) is 6.92 Å². The van der Waals surface area contributed by atoms with E-state index in [9.17, 15) is 9.59 Å². The van der Waals surface area contributed by atoms with Crippen LogP contribution in [-0.2, 0) is 0 Å². The molecule has 2 aromatic rings. The number of fused-ring (bicyclic) bond motifs is 2. The number of carbonyl (C=O) groups is 2. The Morgan fingerprint density at radius 2 is 1.20 bits per heavy atom. The second-order valence-corrected chi connectivity index (χ2v) is 5.65. The van der Waals surface area contributed by atoms with E-state index >= 15 is 0 Å². The molecule has 0 amide bonds. The van der Waals surface area contributed by atoms with Crippen molar-refractivity contribution in [3.8, 4) is 0 Å². The molecule has 0 radical (unpaired) electrons. The van der Waals surface area contributed by atoms with Gasteiger partial charge in [-0.05, 0) is 12.5 Å². The fraction of sp³-hybridized carbons (Fsp3) is 0.0667. The Bertz CT molecular complexity index is 728. The molecule has 2 nitrogen and oxygen atoms in total. The minimum Gasteiger partial charge on any atom is -0.289 e. The van der Waals surface area contributed by atoms with E-state index in [4.69, 9.17) is 34.8 Å².